The van der Waals surface area contributed by atoms with Gasteiger partial charge in [0, 0.05) is 23.6 Å². The molecule has 1 rings (SSSR count). The van der Waals surface area contributed by atoms with E-state index in [1.54, 1.807) is 14.2 Å². The lowest BCUT2D eigenvalue weighted by atomic mass is 10.1. The second kappa shape index (κ2) is 5.83. The summed E-state index contributed by atoms with van der Waals surface area (Å²) >= 11 is 5.86. The van der Waals surface area contributed by atoms with Crippen LogP contribution in [0.2, 0.25) is 0 Å². The van der Waals surface area contributed by atoms with Gasteiger partial charge in [0.1, 0.15) is 11.5 Å². The van der Waals surface area contributed by atoms with Crippen molar-refractivity contribution in [1.82, 2.24) is 5.32 Å². The average Bonchev–Trinajstić information content (AvgIpc) is 2.31. The number of rotatable bonds is 5. The topological polar surface area (TPSA) is 30.5 Å². The van der Waals surface area contributed by atoms with Crippen molar-refractivity contribution in [2.75, 3.05) is 27.1 Å². The molecule has 15 heavy (non-hydrogen) atoms. The van der Waals surface area contributed by atoms with Crippen LogP contribution in [0.5, 0.6) is 11.5 Å². The van der Waals surface area contributed by atoms with Gasteiger partial charge in [-0.1, -0.05) is 6.07 Å². The van der Waals surface area contributed by atoms with Crippen molar-refractivity contribution in [2.45, 2.75) is 6.04 Å². The monoisotopic (exact) mass is 229 g/mol. The molecular formula is C11H16ClNO2. The second-order valence-electron chi connectivity index (χ2n) is 3.10. The number of ether oxygens (including phenoxy) is 2. The van der Waals surface area contributed by atoms with E-state index >= 15 is 0 Å². The molecule has 0 saturated carbocycles. The molecule has 0 spiro atoms. The van der Waals surface area contributed by atoms with Crippen molar-refractivity contribution in [3.05, 3.63) is 23.8 Å². The Morgan fingerprint density at radius 3 is 2.53 bits per heavy atom. The predicted molar refractivity (Wildman–Crippen MR) is 62.1 cm³/mol. The van der Waals surface area contributed by atoms with E-state index in [4.69, 9.17) is 21.1 Å². The van der Waals surface area contributed by atoms with Crippen molar-refractivity contribution < 1.29 is 9.47 Å². The van der Waals surface area contributed by atoms with Crippen LogP contribution in [0, 0.1) is 0 Å². The van der Waals surface area contributed by atoms with E-state index in [0.29, 0.717) is 5.88 Å². The lowest BCUT2D eigenvalue weighted by Gasteiger charge is -2.17. The Kier molecular flexibility index (Phi) is 4.72. The molecule has 1 N–H and O–H groups in total. The summed E-state index contributed by atoms with van der Waals surface area (Å²) in [7, 11) is 5.14. The van der Waals surface area contributed by atoms with Crippen molar-refractivity contribution in [1.29, 1.82) is 0 Å². The van der Waals surface area contributed by atoms with Gasteiger partial charge < -0.3 is 14.8 Å². The summed E-state index contributed by atoms with van der Waals surface area (Å²) < 4.78 is 10.4. The van der Waals surface area contributed by atoms with Crippen LogP contribution in [0.4, 0.5) is 0 Å². The lowest BCUT2D eigenvalue weighted by Crippen LogP contribution is -2.18. The van der Waals surface area contributed by atoms with Crippen molar-refractivity contribution in [3.63, 3.8) is 0 Å². The Labute approximate surface area is 95.3 Å². The van der Waals surface area contributed by atoms with Gasteiger partial charge in [-0.2, -0.15) is 0 Å². The van der Waals surface area contributed by atoms with E-state index in [1.807, 2.05) is 25.2 Å². The van der Waals surface area contributed by atoms with E-state index in [-0.39, 0.29) is 6.04 Å². The zero-order chi connectivity index (χ0) is 11.3. The fourth-order valence-corrected chi connectivity index (χ4v) is 1.74. The molecule has 0 radical (unpaired) electrons. The van der Waals surface area contributed by atoms with Gasteiger partial charge >= 0.3 is 0 Å². The number of alkyl halides is 1. The molecule has 84 valence electrons. The van der Waals surface area contributed by atoms with Crippen molar-refractivity contribution in [2.24, 2.45) is 0 Å². The first-order chi connectivity index (χ1) is 7.26. The van der Waals surface area contributed by atoms with Gasteiger partial charge in [0.25, 0.3) is 0 Å². The third kappa shape index (κ3) is 2.76. The zero-order valence-corrected chi connectivity index (χ0v) is 9.97. The third-order valence-electron chi connectivity index (χ3n) is 2.32. The largest absolute Gasteiger partial charge is 0.497 e. The SMILES string of the molecule is CNC(CCl)c1ccc(OC)cc1OC. The molecule has 0 saturated heterocycles. The minimum absolute atomic E-state index is 0.0903. The number of hydrogen-bond donors (Lipinski definition) is 1. The lowest BCUT2D eigenvalue weighted by molar-refractivity contribution is 0.387. The van der Waals surface area contributed by atoms with Gasteiger partial charge in [-0.3, -0.25) is 0 Å². The van der Waals surface area contributed by atoms with Gasteiger partial charge in [0.2, 0.25) is 0 Å². The molecule has 1 unspecified atom stereocenters. The Balaban J connectivity index is 3.06. The standard InChI is InChI=1S/C11H16ClNO2/c1-13-10(7-12)9-5-4-8(14-2)6-11(9)15-3/h4-6,10,13H,7H2,1-3H3. The van der Waals surface area contributed by atoms with Crippen LogP contribution in [0.15, 0.2) is 18.2 Å². The Bertz CT molecular complexity index is 313. The molecule has 0 fully saturated rings. The molecule has 0 aromatic heterocycles. The van der Waals surface area contributed by atoms with Crippen LogP contribution >= 0.6 is 11.6 Å². The first kappa shape index (κ1) is 12.1. The molecule has 0 aliphatic heterocycles. The maximum absolute atomic E-state index is 5.86. The highest BCUT2D eigenvalue weighted by atomic mass is 35.5. The summed E-state index contributed by atoms with van der Waals surface area (Å²) in [5.74, 6) is 2.06. The number of nitrogens with one attached hydrogen (secondary N) is 1. The smallest absolute Gasteiger partial charge is 0.127 e. The number of methoxy groups -OCH3 is 2. The highest BCUT2D eigenvalue weighted by molar-refractivity contribution is 6.18. The normalized spacial score (nSPS) is 12.3. The summed E-state index contributed by atoms with van der Waals surface area (Å²) in [5, 5.41) is 3.13. The van der Waals surface area contributed by atoms with Crippen molar-refractivity contribution in [3.8, 4) is 11.5 Å². The minimum atomic E-state index is 0.0903. The minimum Gasteiger partial charge on any atom is -0.497 e. The van der Waals surface area contributed by atoms with E-state index < -0.39 is 0 Å². The molecule has 3 nitrogen and oxygen atoms in total. The highest BCUT2D eigenvalue weighted by Crippen LogP contribution is 2.29. The molecule has 0 aliphatic rings. The first-order valence-corrected chi connectivity index (χ1v) is 5.25. The molecule has 0 amide bonds. The predicted octanol–water partition coefficient (Wildman–Crippen LogP) is 2.20. The Hall–Kier alpha value is -0.930. The maximum Gasteiger partial charge on any atom is 0.127 e. The fraction of sp³-hybridized carbons (Fsp3) is 0.455. The number of halogens is 1. The molecule has 0 heterocycles. The summed E-state index contributed by atoms with van der Waals surface area (Å²) in [6, 6.07) is 5.80. The van der Waals surface area contributed by atoms with Crippen LogP contribution in [-0.4, -0.2) is 27.1 Å². The van der Waals surface area contributed by atoms with Crippen LogP contribution in [0.3, 0.4) is 0 Å². The Morgan fingerprint density at radius 1 is 1.33 bits per heavy atom. The molecule has 0 bridgehead atoms. The van der Waals surface area contributed by atoms with Crippen LogP contribution < -0.4 is 14.8 Å². The van der Waals surface area contributed by atoms with Crippen LogP contribution in [-0.2, 0) is 0 Å². The summed E-state index contributed by atoms with van der Waals surface area (Å²) in [6.07, 6.45) is 0. The summed E-state index contributed by atoms with van der Waals surface area (Å²) in [6.45, 7) is 0. The molecule has 1 aromatic rings. The third-order valence-corrected chi connectivity index (χ3v) is 2.63. The maximum atomic E-state index is 5.86. The summed E-state index contributed by atoms with van der Waals surface area (Å²) in [5.41, 5.74) is 1.04. The molecular weight excluding hydrogens is 214 g/mol. The highest BCUT2D eigenvalue weighted by Gasteiger charge is 2.13. The number of hydrogen-bond acceptors (Lipinski definition) is 3. The van der Waals surface area contributed by atoms with Gasteiger partial charge in [0.15, 0.2) is 0 Å². The van der Waals surface area contributed by atoms with Gasteiger partial charge in [-0.15, -0.1) is 11.6 Å². The first-order valence-electron chi connectivity index (χ1n) is 4.72. The van der Waals surface area contributed by atoms with E-state index in [2.05, 4.69) is 5.32 Å². The van der Waals surface area contributed by atoms with Crippen LogP contribution in [0.1, 0.15) is 11.6 Å². The molecule has 1 atom stereocenters. The van der Waals surface area contributed by atoms with E-state index in [1.165, 1.54) is 0 Å². The van der Waals surface area contributed by atoms with E-state index in [0.717, 1.165) is 17.1 Å². The van der Waals surface area contributed by atoms with Gasteiger partial charge in [0.05, 0.1) is 14.2 Å². The quantitative estimate of drug-likeness (QED) is 0.786. The van der Waals surface area contributed by atoms with Gasteiger partial charge in [-0.25, -0.2) is 0 Å². The summed E-state index contributed by atoms with van der Waals surface area (Å²) in [4.78, 5) is 0. The Morgan fingerprint density at radius 2 is 2.07 bits per heavy atom. The fourth-order valence-electron chi connectivity index (χ4n) is 1.42. The van der Waals surface area contributed by atoms with E-state index in [9.17, 15) is 0 Å². The van der Waals surface area contributed by atoms with Crippen molar-refractivity contribution >= 4 is 11.6 Å². The zero-order valence-electron chi connectivity index (χ0n) is 9.21. The second-order valence-corrected chi connectivity index (χ2v) is 3.41. The molecule has 0 aliphatic carbocycles. The number of benzene rings is 1. The molecule has 4 heteroatoms. The average molecular weight is 230 g/mol. The molecule has 1 aromatic carbocycles. The van der Waals surface area contributed by atoms with Crippen LogP contribution in [0.25, 0.3) is 0 Å². The van der Waals surface area contributed by atoms with Gasteiger partial charge in [-0.05, 0) is 13.1 Å².